The highest BCUT2D eigenvalue weighted by Gasteiger charge is 2.23. The Labute approximate surface area is 300 Å². The molecule has 0 aromatic heterocycles. The Morgan fingerprint density at radius 3 is 0.867 bits per heavy atom. The van der Waals surface area contributed by atoms with Crippen LogP contribution in [0.2, 0.25) is 0 Å². The van der Waals surface area contributed by atoms with Crippen molar-refractivity contribution in [3.8, 4) is 0 Å². The molecular weight excluding hydrogens is 670 g/mol. The SMILES string of the molecule is CCCCCCCCC(Cl)(Cl)CCCCCCCCCOS(=O)(=O)OCCCCCCCCCC(Cl)(Cl)CCCCCCCC. The van der Waals surface area contributed by atoms with Crippen LogP contribution in [0, 0.1) is 0 Å². The first-order valence-corrected chi connectivity index (χ1v) is 21.7. The molecule has 45 heavy (non-hydrogen) atoms. The Hall–Kier alpha value is 1.03. The van der Waals surface area contributed by atoms with Crippen LogP contribution in [0.25, 0.3) is 0 Å². The van der Waals surface area contributed by atoms with Gasteiger partial charge in [0.25, 0.3) is 0 Å². The number of halogens is 4. The minimum absolute atomic E-state index is 0.187. The maximum atomic E-state index is 12.0. The van der Waals surface area contributed by atoms with Crippen molar-refractivity contribution in [2.75, 3.05) is 13.2 Å². The summed E-state index contributed by atoms with van der Waals surface area (Å²) < 4.78 is 32.8. The average molecular weight is 741 g/mol. The minimum Gasteiger partial charge on any atom is -0.248 e. The molecule has 4 nitrogen and oxygen atoms in total. The first-order valence-electron chi connectivity index (χ1n) is 18.8. The number of rotatable bonds is 36. The zero-order chi connectivity index (χ0) is 33.5. The van der Waals surface area contributed by atoms with E-state index in [-0.39, 0.29) is 13.2 Å². The summed E-state index contributed by atoms with van der Waals surface area (Å²) in [5.41, 5.74) is 0. The van der Waals surface area contributed by atoms with E-state index in [9.17, 15) is 8.42 Å². The van der Waals surface area contributed by atoms with Crippen LogP contribution < -0.4 is 0 Å². The summed E-state index contributed by atoms with van der Waals surface area (Å²) in [7, 11) is -3.90. The van der Waals surface area contributed by atoms with Gasteiger partial charge in [-0.15, -0.1) is 46.4 Å². The zero-order valence-corrected chi connectivity index (χ0v) is 33.0. The van der Waals surface area contributed by atoms with Crippen LogP contribution in [-0.2, 0) is 18.8 Å². The standard InChI is InChI=1S/C36H70Cl4O4S/c1-3-5-7-9-17-23-29-35(37,38)31-25-19-13-11-15-21-27-33-43-45(41,42)44-34-28-22-16-12-14-20-26-32-36(39,40)30-24-18-10-8-6-4-2/h3-34H2,1-2H3. The highest BCUT2D eigenvalue weighted by molar-refractivity contribution is 7.81. The predicted octanol–water partition coefficient (Wildman–Crippen LogP) is 14.4. The Kier molecular flexibility index (Phi) is 31.8. The van der Waals surface area contributed by atoms with E-state index in [1.807, 2.05) is 0 Å². The summed E-state index contributed by atoms with van der Waals surface area (Å²) in [5, 5.41) is 0. The molecule has 0 rings (SSSR count). The van der Waals surface area contributed by atoms with Gasteiger partial charge in [0.15, 0.2) is 0 Å². The average Bonchev–Trinajstić information content (AvgIpc) is 2.98. The highest BCUT2D eigenvalue weighted by Crippen LogP contribution is 2.35. The van der Waals surface area contributed by atoms with Gasteiger partial charge in [0.2, 0.25) is 0 Å². The van der Waals surface area contributed by atoms with Crippen LogP contribution in [0.1, 0.15) is 206 Å². The third kappa shape index (κ3) is 34.7. The molecule has 0 N–H and O–H groups in total. The van der Waals surface area contributed by atoms with Gasteiger partial charge in [-0.1, -0.05) is 168 Å². The van der Waals surface area contributed by atoms with Crippen molar-refractivity contribution >= 4 is 56.8 Å². The summed E-state index contributed by atoms with van der Waals surface area (Å²) in [6.07, 6.45) is 33.1. The Bertz CT molecular complexity index is 681. The van der Waals surface area contributed by atoms with Crippen molar-refractivity contribution in [2.24, 2.45) is 0 Å². The van der Waals surface area contributed by atoms with Crippen LogP contribution in [0.4, 0.5) is 0 Å². The van der Waals surface area contributed by atoms with Crippen LogP contribution in [0.3, 0.4) is 0 Å². The lowest BCUT2D eigenvalue weighted by atomic mass is 10.0. The van der Waals surface area contributed by atoms with Crippen LogP contribution >= 0.6 is 46.4 Å². The quantitative estimate of drug-likeness (QED) is 0.0474. The number of alkyl halides is 4. The van der Waals surface area contributed by atoms with E-state index in [1.54, 1.807) is 0 Å². The lowest BCUT2D eigenvalue weighted by Gasteiger charge is -2.19. The van der Waals surface area contributed by atoms with E-state index in [2.05, 4.69) is 13.8 Å². The fraction of sp³-hybridized carbons (Fsp3) is 1.00. The maximum Gasteiger partial charge on any atom is 0.399 e. The summed E-state index contributed by atoms with van der Waals surface area (Å²) in [6, 6.07) is 0. The van der Waals surface area contributed by atoms with Crippen molar-refractivity contribution in [1.82, 2.24) is 0 Å². The predicted molar refractivity (Wildman–Crippen MR) is 200 cm³/mol. The van der Waals surface area contributed by atoms with Gasteiger partial charge in [-0.25, -0.2) is 8.37 Å². The Balaban J connectivity index is 3.54. The summed E-state index contributed by atoms with van der Waals surface area (Å²) in [5.74, 6) is 0. The molecule has 0 spiro atoms. The minimum atomic E-state index is -3.90. The summed E-state index contributed by atoms with van der Waals surface area (Å²) in [4.78, 5) is 0. The normalized spacial score (nSPS) is 12.8. The van der Waals surface area contributed by atoms with E-state index in [0.29, 0.717) is 0 Å². The molecule has 0 heterocycles. The van der Waals surface area contributed by atoms with Gasteiger partial charge < -0.3 is 0 Å². The van der Waals surface area contributed by atoms with E-state index >= 15 is 0 Å². The van der Waals surface area contributed by atoms with E-state index < -0.39 is 19.1 Å². The first-order chi connectivity index (χ1) is 21.5. The van der Waals surface area contributed by atoms with Gasteiger partial charge in [-0.2, -0.15) is 8.42 Å². The van der Waals surface area contributed by atoms with Gasteiger partial charge in [0.1, 0.15) is 8.67 Å². The largest absolute Gasteiger partial charge is 0.399 e. The number of hydrogen-bond acceptors (Lipinski definition) is 4. The molecule has 0 aliphatic rings. The maximum absolute atomic E-state index is 12.0. The van der Waals surface area contributed by atoms with Gasteiger partial charge in [-0.05, 0) is 38.5 Å². The lowest BCUT2D eigenvalue weighted by Crippen LogP contribution is -2.12. The molecule has 272 valence electrons. The fourth-order valence-corrected chi connectivity index (χ4v) is 7.45. The van der Waals surface area contributed by atoms with Crippen LogP contribution in [0.15, 0.2) is 0 Å². The molecule has 0 radical (unpaired) electrons. The molecule has 0 aromatic carbocycles. The number of unbranched alkanes of at least 4 members (excludes halogenated alkanes) is 22. The van der Waals surface area contributed by atoms with Gasteiger partial charge in [0, 0.05) is 0 Å². The van der Waals surface area contributed by atoms with E-state index in [0.717, 1.165) is 128 Å². The van der Waals surface area contributed by atoms with Crippen molar-refractivity contribution in [3.05, 3.63) is 0 Å². The molecule has 0 aromatic rings. The number of hydrogen-bond donors (Lipinski definition) is 0. The molecule has 0 aliphatic heterocycles. The molecule has 0 saturated heterocycles. The molecular formula is C36H70Cl4O4S. The summed E-state index contributed by atoms with van der Waals surface area (Å²) in [6.45, 7) is 4.84. The highest BCUT2D eigenvalue weighted by atomic mass is 35.5. The Morgan fingerprint density at radius 2 is 0.600 bits per heavy atom. The molecule has 0 fully saturated rings. The Morgan fingerprint density at radius 1 is 0.378 bits per heavy atom. The molecule has 0 bridgehead atoms. The fourth-order valence-electron chi connectivity index (χ4n) is 5.67. The molecule has 0 unspecified atom stereocenters. The van der Waals surface area contributed by atoms with Crippen molar-refractivity contribution in [1.29, 1.82) is 0 Å². The second kappa shape index (κ2) is 31.0. The monoisotopic (exact) mass is 738 g/mol. The van der Waals surface area contributed by atoms with Gasteiger partial charge in [0.05, 0.1) is 13.2 Å². The molecule has 0 amide bonds. The molecule has 0 saturated carbocycles. The van der Waals surface area contributed by atoms with E-state index in [4.69, 9.17) is 54.8 Å². The van der Waals surface area contributed by atoms with Crippen molar-refractivity contribution < 1.29 is 16.8 Å². The third-order valence-electron chi connectivity index (χ3n) is 8.62. The second-order valence-corrected chi connectivity index (χ2v) is 17.8. The smallest absolute Gasteiger partial charge is 0.248 e. The van der Waals surface area contributed by atoms with Crippen LogP contribution in [-0.4, -0.2) is 30.3 Å². The third-order valence-corrected chi connectivity index (χ3v) is 11.0. The van der Waals surface area contributed by atoms with Gasteiger partial charge >= 0.3 is 10.4 Å². The van der Waals surface area contributed by atoms with Crippen molar-refractivity contribution in [2.45, 2.75) is 215 Å². The molecule has 0 atom stereocenters. The zero-order valence-electron chi connectivity index (χ0n) is 29.2. The molecule has 0 aliphatic carbocycles. The second-order valence-electron chi connectivity index (χ2n) is 13.2. The van der Waals surface area contributed by atoms with Crippen LogP contribution in [0.5, 0.6) is 0 Å². The lowest BCUT2D eigenvalue weighted by molar-refractivity contribution is 0.208. The van der Waals surface area contributed by atoms with Gasteiger partial charge in [-0.3, -0.25) is 0 Å². The molecule has 9 heteroatoms. The van der Waals surface area contributed by atoms with E-state index in [1.165, 1.54) is 64.2 Å². The first kappa shape index (κ1) is 46.0. The summed E-state index contributed by atoms with van der Waals surface area (Å²) >= 11 is 26.0. The topological polar surface area (TPSA) is 52.6 Å². The van der Waals surface area contributed by atoms with Crippen molar-refractivity contribution in [3.63, 3.8) is 0 Å².